The summed E-state index contributed by atoms with van der Waals surface area (Å²) >= 11 is 0. The first-order valence-electron chi connectivity index (χ1n) is 9.26. The standard InChI is InChI=1S/C20H20N4O4/c1-2-27-20(26)15-11-17(24-23-15)22-19(25)13-9-14(10-13)28-16-7-3-5-12-6-4-8-21-18(12)16/h3-8,13-14H,2,9-11H2,1H3,(H,22,24,25). The van der Waals surface area contributed by atoms with E-state index in [0.29, 0.717) is 18.7 Å². The fourth-order valence-electron chi connectivity index (χ4n) is 3.22. The van der Waals surface area contributed by atoms with Gasteiger partial charge in [0.05, 0.1) is 13.0 Å². The van der Waals surface area contributed by atoms with E-state index in [-0.39, 0.29) is 36.7 Å². The summed E-state index contributed by atoms with van der Waals surface area (Å²) in [5, 5.41) is 11.4. The zero-order chi connectivity index (χ0) is 19.5. The van der Waals surface area contributed by atoms with Crippen molar-refractivity contribution in [3.8, 4) is 5.75 Å². The SMILES string of the molecule is CCOC(=O)C1=NN=C(NC(=O)C2CC(Oc3cccc4cccnc34)C2)C1. The highest BCUT2D eigenvalue weighted by Crippen LogP contribution is 2.33. The molecule has 1 saturated carbocycles. The first-order chi connectivity index (χ1) is 13.6. The normalized spacial score (nSPS) is 20.8. The number of hydrogen-bond donors (Lipinski definition) is 1. The van der Waals surface area contributed by atoms with Crippen molar-refractivity contribution in [3.05, 3.63) is 36.5 Å². The summed E-state index contributed by atoms with van der Waals surface area (Å²) in [6, 6.07) is 9.69. The second-order valence-electron chi connectivity index (χ2n) is 6.72. The van der Waals surface area contributed by atoms with E-state index in [2.05, 4.69) is 20.5 Å². The maximum absolute atomic E-state index is 12.4. The molecule has 0 atom stereocenters. The second kappa shape index (κ2) is 7.75. The number of fused-ring (bicyclic) bond motifs is 1. The van der Waals surface area contributed by atoms with Crippen LogP contribution in [0.2, 0.25) is 0 Å². The number of rotatable bonds is 5. The van der Waals surface area contributed by atoms with E-state index < -0.39 is 5.97 Å². The van der Waals surface area contributed by atoms with Gasteiger partial charge in [0, 0.05) is 17.5 Å². The van der Waals surface area contributed by atoms with Gasteiger partial charge in [-0.3, -0.25) is 9.78 Å². The largest absolute Gasteiger partial charge is 0.488 e. The number of nitrogens with one attached hydrogen (secondary N) is 1. The van der Waals surface area contributed by atoms with Crippen molar-refractivity contribution < 1.29 is 19.1 Å². The molecule has 8 heteroatoms. The minimum absolute atomic E-state index is 0.0276. The van der Waals surface area contributed by atoms with Gasteiger partial charge in [-0.15, -0.1) is 10.2 Å². The van der Waals surface area contributed by atoms with Gasteiger partial charge in [0.25, 0.3) is 0 Å². The lowest BCUT2D eigenvalue weighted by Crippen LogP contribution is -2.45. The number of hydrogen-bond acceptors (Lipinski definition) is 7. The van der Waals surface area contributed by atoms with Crippen LogP contribution in [0.5, 0.6) is 5.75 Å². The van der Waals surface area contributed by atoms with Crippen LogP contribution >= 0.6 is 0 Å². The Balaban J connectivity index is 1.27. The van der Waals surface area contributed by atoms with Crippen LogP contribution in [0.25, 0.3) is 10.9 Å². The fraction of sp³-hybridized carbons (Fsp3) is 0.350. The van der Waals surface area contributed by atoms with Gasteiger partial charge in [-0.2, -0.15) is 0 Å². The summed E-state index contributed by atoms with van der Waals surface area (Å²) in [6.07, 6.45) is 3.13. The van der Waals surface area contributed by atoms with Crippen LogP contribution in [0.1, 0.15) is 26.2 Å². The first-order valence-corrected chi connectivity index (χ1v) is 9.26. The number of amidine groups is 1. The lowest BCUT2D eigenvalue weighted by atomic mass is 9.81. The summed E-state index contributed by atoms with van der Waals surface area (Å²) in [5.41, 5.74) is 1.03. The summed E-state index contributed by atoms with van der Waals surface area (Å²) in [4.78, 5) is 28.4. The molecule has 1 aromatic carbocycles. The van der Waals surface area contributed by atoms with Crippen LogP contribution in [0.4, 0.5) is 0 Å². The molecule has 28 heavy (non-hydrogen) atoms. The Morgan fingerprint density at radius 2 is 2.00 bits per heavy atom. The molecule has 2 aromatic rings. The smallest absolute Gasteiger partial charge is 0.355 e. The molecule has 1 N–H and O–H groups in total. The molecular formula is C20H20N4O4. The maximum atomic E-state index is 12.4. The monoisotopic (exact) mass is 380 g/mol. The molecule has 2 heterocycles. The number of carbonyl (C=O) groups is 2. The number of para-hydroxylation sites is 1. The predicted octanol–water partition coefficient (Wildman–Crippen LogP) is 2.23. The molecule has 1 aromatic heterocycles. The third-order valence-corrected chi connectivity index (χ3v) is 4.76. The van der Waals surface area contributed by atoms with Crippen molar-refractivity contribution in [1.29, 1.82) is 0 Å². The van der Waals surface area contributed by atoms with Crippen molar-refractivity contribution >= 4 is 34.3 Å². The third-order valence-electron chi connectivity index (χ3n) is 4.76. The van der Waals surface area contributed by atoms with Crippen LogP contribution in [-0.4, -0.2) is 41.1 Å². The summed E-state index contributed by atoms with van der Waals surface area (Å²) in [7, 11) is 0. The van der Waals surface area contributed by atoms with Gasteiger partial charge in [-0.05, 0) is 31.9 Å². The number of nitrogens with zero attached hydrogens (tertiary/aromatic N) is 3. The average Bonchev–Trinajstić information content (AvgIpc) is 3.13. The summed E-state index contributed by atoms with van der Waals surface area (Å²) in [5.74, 6) is 0.318. The van der Waals surface area contributed by atoms with E-state index in [0.717, 1.165) is 16.7 Å². The number of carbonyl (C=O) groups excluding carboxylic acids is 2. The molecule has 0 radical (unpaired) electrons. The zero-order valence-electron chi connectivity index (χ0n) is 15.4. The Labute approximate surface area is 161 Å². The lowest BCUT2D eigenvalue weighted by Gasteiger charge is -2.34. The number of pyridine rings is 1. The lowest BCUT2D eigenvalue weighted by molar-refractivity contribution is -0.135. The number of benzene rings is 1. The van der Waals surface area contributed by atoms with Gasteiger partial charge >= 0.3 is 5.97 Å². The quantitative estimate of drug-likeness (QED) is 0.802. The van der Waals surface area contributed by atoms with Gasteiger partial charge in [-0.1, -0.05) is 18.2 Å². The molecule has 1 fully saturated rings. The van der Waals surface area contributed by atoms with E-state index in [1.807, 2.05) is 30.3 Å². The van der Waals surface area contributed by atoms with Gasteiger partial charge in [0.1, 0.15) is 23.2 Å². The van der Waals surface area contributed by atoms with Crippen LogP contribution < -0.4 is 10.1 Å². The molecule has 2 aliphatic rings. The Bertz CT molecular complexity index is 974. The highest BCUT2D eigenvalue weighted by molar-refractivity contribution is 6.41. The van der Waals surface area contributed by atoms with E-state index in [4.69, 9.17) is 9.47 Å². The molecule has 4 rings (SSSR count). The minimum atomic E-state index is -0.503. The summed E-state index contributed by atoms with van der Waals surface area (Å²) < 4.78 is 10.9. The van der Waals surface area contributed by atoms with E-state index in [1.54, 1.807) is 13.1 Å². The van der Waals surface area contributed by atoms with Gasteiger partial charge in [0.15, 0.2) is 5.71 Å². The van der Waals surface area contributed by atoms with Crippen molar-refractivity contribution in [1.82, 2.24) is 10.3 Å². The Kier molecular flexibility index (Phi) is 5.01. The van der Waals surface area contributed by atoms with Gasteiger partial charge in [0.2, 0.25) is 5.91 Å². The molecule has 1 aliphatic heterocycles. The van der Waals surface area contributed by atoms with Crippen molar-refractivity contribution in [2.24, 2.45) is 16.1 Å². The van der Waals surface area contributed by atoms with Crippen LogP contribution in [0.15, 0.2) is 46.7 Å². The molecule has 0 saturated heterocycles. The number of aromatic nitrogens is 1. The van der Waals surface area contributed by atoms with Crippen LogP contribution in [0.3, 0.4) is 0 Å². The maximum Gasteiger partial charge on any atom is 0.355 e. The first kappa shape index (κ1) is 18.1. The van der Waals surface area contributed by atoms with Crippen molar-refractivity contribution in [2.45, 2.75) is 32.3 Å². The van der Waals surface area contributed by atoms with E-state index in [9.17, 15) is 9.59 Å². The van der Waals surface area contributed by atoms with Gasteiger partial charge < -0.3 is 14.8 Å². The molecular weight excluding hydrogens is 360 g/mol. The van der Waals surface area contributed by atoms with Gasteiger partial charge in [-0.25, -0.2) is 4.79 Å². The molecule has 0 spiro atoms. The minimum Gasteiger partial charge on any atom is -0.488 e. The molecule has 1 amide bonds. The predicted molar refractivity (Wildman–Crippen MR) is 103 cm³/mol. The van der Waals surface area contributed by atoms with Crippen molar-refractivity contribution in [3.63, 3.8) is 0 Å². The molecule has 8 nitrogen and oxygen atoms in total. The topological polar surface area (TPSA) is 102 Å². The van der Waals surface area contributed by atoms with Crippen molar-refractivity contribution in [2.75, 3.05) is 6.61 Å². The third kappa shape index (κ3) is 3.71. The number of ether oxygens (including phenoxy) is 2. The average molecular weight is 380 g/mol. The number of esters is 1. The Morgan fingerprint density at radius 3 is 2.82 bits per heavy atom. The molecule has 0 unspecified atom stereocenters. The highest BCUT2D eigenvalue weighted by atomic mass is 16.5. The summed E-state index contributed by atoms with van der Waals surface area (Å²) in [6.45, 7) is 2.00. The van der Waals surface area contributed by atoms with Crippen LogP contribution in [-0.2, 0) is 14.3 Å². The Hall–Kier alpha value is -3.29. The number of amides is 1. The highest BCUT2D eigenvalue weighted by Gasteiger charge is 2.37. The molecule has 0 bridgehead atoms. The zero-order valence-corrected chi connectivity index (χ0v) is 15.4. The van der Waals surface area contributed by atoms with E-state index >= 15 is 0 Å². The second-order valence-corrected chi connectivity index (χ2v) is 6.72. The molecule has 1 aliphatic carbocycles. The van der Waals surface area contributed by atoms with E-state index in [1.165, 1.54) is 0 Å². The van der Waals surface area contributed by atoms with Crippen LogP contribution in [0, 0.1) is 5.92 Å². The Morgan fingerprint density at radius 1 is 1.18 bits per heavy atom. The fourth-order valence-corrected chi connectivity index (χ4v) is 3.22. The molecule has 144 valence electrons.